The lowest BCUT2D eigenvalue weighted by atomic mass is 10.3. The highest BCUT2D eigenvalue weighted by molar-refractivity contribution is 7.99. The molecule has 0 bridgehead atoms. The molecule has 102 valence electrons. The number of nitrogens with one attached hydrogen (secondary N) is 1. The lowest BCUT2D eigenvalue weighted by Crippen LogP contribution is -2.53. The monoisotopic (exact) mass is 282 g/mol. The number of hydrogen-bond acceptors (Lipinski definition) is 5. The summed E-state index contributed by atoms with van der Waals surface area (Å²) in [6.07, 6.45) is 2.99. The fraction of sp³-hybridized carbons (Fsp3) is 0.455. The van der Waals surface area contributed by atoms with Gasteiger partial charge in [-0.1, -0.05) is 0 Å². The Morgan fingerprint density at radius 1 is 1.58 bits per heavy atom. The van der Waals surface area contributed by atoms with Crippen molar-refractivity contribution in [3.05, 3.63) is 24.3 Å². The zero-order valence-electron chi connectivity index (χ0n) is 10.2. The largest absolute Gasteiger partial charge is 0.480 e. The van der Waals surface area contributed by atoms with Gasteiger partial charge in [0, 0.05) is 24.2 Å². The fourth-order valence-corrected chi connectivity index (χ4v) is 2.78. The van der Waals surface area contributed by atoms with E-state index in [2.05, 4.69) is 15.3 Å². The molecule has 1 aliphatic heterocycles. The molecule has 0 spiro atoms. The first kappa shape index (κ1) is 13.6. The lowest BCUT2D eigenvalue weighted by molar-refractivity contribution is -0.141. The van der Waals surface area contributed by atoms with Crippen molar-refractivity contribution in [2.45, 2.75) is 12.6 Å². The van der Waals surface area contributed by atoms with Crippen molar-refractivity contribution in [2.75, 3.05) is 18.1 Å². The summed E-state index contributed by atoms with van der Waals surface area (Å²) in [4.78, 5) is 32.2. The fourth-order valence-electron chi connectivity index (χ4n) is 1.74. The maximum Gasteiger partial charge on any atom is 0.327 e. The summed E-state index contributed by atoms with van der Waals surface area (Å²) in [5.41, 5.74) is 0.682. The van der Waals surface area contributed by atoms with Gasteiger partial charge in [-0.25, -0.2) is 19.6 Å². The van der Waals surface area contributed by atoms with Crippen molar-refractivity contribution in [2.24, 2.45) is 0 Å². The second kappa shape index (κ2) is 6.37. The zero-order valence-corrected chi connectivity index (χ0v) is 11.0. The van der Waals surface area contributed by atoms with Crippen LogP contribution in [0.25, 0.3) is 0 Å². The minimum atomic E-state index is -0.968. The van der Waals surface area contributed by atoms with E-state index in [9.17, 15) is 9.59 Å². The molecule has 0 saturated carbocycles. The van der Waals surface area contributed by atoms with E-state index in [4.69, 9.17) is 5.11 Å². The van der Waals surface area contributed by atoms with Gasteiger partial charge in [0.1, 0.15) is 12.4 Å². The summed E-state index contributed by atoms with van der Waals surface area (Å²) < 4.78 is 0. The molecule has 2 heterocycles. The number of carbonyl (C=O) groups excluding carboxylic acids is 1. The van der Waals surface area contributed by atoms with Crippen LogP contribution in [0.4, 0.5) is 4.79 Å². The first-order chi connectivity index (χ1) is 9.18. The van der Waals surface area contributed by atoms with Gasteiger partial charge in [0.25, 0.3) is 0 Å². The quantitative estimate of drug-likeness (QED) is 0.821. The smallest absolute Gasteiger partial charge is 0.327 e. The second-order valence-electron chi connectivity index (χ2n) is 3.98. The Bertz CT molecular complexity index is 457. The molecule has 1 saturated heterocycles. The van der Waals surface area contributed by atoms with Gasteiger partial charge in [0.2, 0.25) is 0 Å². The Morgan fingerprint density at radius 3 is 3.11 bits per heavy atom. The molecular formula is C11H14N4O3S. The van der Waals surface area contributed by atoms with Gasteiger partial charge in [-0.3, -0.25) is 0 Å². The van der Waals surface area contributed by atoms with Crippen LogP contribution in [0.3, 0.4) is 0 Å². The van der Waals surface area contributed by atoms with E-state index in [1.165, 1.54) is 11.2 Å². The third kappa shape index (κ3) is 3.57. The molecule has 2 N–H and O–H groups in total. The Balaban J connectivity index is 1.93. The number of aliphatic carboxylic acids is 1. The number of rotatable bonds is 3. The third-order valence-corrected chi connectivity index (χ3v) is 3.76. The average molecular weight is 282 g/mol. The summed E-state index contributed by atoms with van der Waals surface area (Å²) >= 11 is 1.54. The Hall–Kier alpha value is -1.83. The lowest BCUT2D eigenvalue weighted by Gasteiger charge is -2.32. The van der Waals surface area contributed by atoms with Crippen molar-refractivity contribution < 1.29 is 14.7 Å². The van der Waals surface area contributed by atoms with Crippen molar-refractivity contribution in [1.29, 1.82) is 0 Å². The Labute approximate surface area is 114 Å². The van der Waals surface area contributed by atoms with Gasteiger partial charge in [-0.05, 0) is 6.07 Å². The molecular weight excluding hydrogens is 268 g/mol. The highest BCUT2D eigenvalue weighted by Gasteiger charge is 2.32. The molecule has 0 radical (unpaired) electrons. The van der Waals surface area contributed by atoms with Crippen LogP contribution in [0.15, 0.2) is 18.6 Å². The highest BCUT2D eigenvalue weighted by atomic mass is 32.2. The molecule has 1 fully saturated rings. The second-order valence-corrected chi connectivity index (χ2v) is 5.13. The van der Waals surface area contributed by atoms with Crippen LogP contribution in [0.1, 0.15) is 5.69 Å². The van der Waals surface area contributed by atoms with E-state index in [1.54, 1.807) is 24.0 Å². The summed E-state index contributed by atoms with van der Waals surface area (Å²) in [6.45, 7) is 0.703. The van der Waals surface area contributed by atoms with Gasteiger partial charge in [-0.15, -0.1) is 0 Å². The molecule has 1 unspecified atom stereocenters. The number of thioether (sulfide) groups is 1. The van der Waals surface area contributed by atoms with Gasteiger partial charge in [-0.2, -0.15) is 11.8 Å². The topological polar surface area (TPSA) is 95.4 Å². The molecule has 8 heteroatoms. The molecule has 2 rings (SSSR count). The maximum absolute atomic E-state index is 12.0. The highest BCUT2D eigenvalue weighted by Crippen LogP contribution is 2.16. The predicted molar refractivity (Wildman–Crippen MR) is 69.7 cm³/mol. The summed E-state index contributed by atoms with van der Waals surface area (Å²) in [5.74, 6) is 0.213. The summed E-state index contributed by atoms with van der Waals surface area (Å²) in [6, 6.07) is 0.566. The summed E-state index contributed by atoms with van der Waals surface area (Å²) in [5, 5.41) is 11.8. The molecule has 1 aromatic heterocycles. The van der Waals surface area contributed by atoms with Crippen molar-refractivity contribution in [3.8, 4) is 0 Å². The molecule has 19 heavy (non-hydrogen) atoms. The van der Waals surface area contributed by atoms with Gasteiger partial charge < -0.3 is 15.3 Å². The minimum absolute atomic E-state index is 0.261. The van der Waals surface area contributed by atoms with E-state index in [1.807, 2.05) is 0 Å². The number of carboxylic acids is 1. The van der Waals surface area contributed by atoms with Crippen LogP contribution in [-0.4, -0.2) is 56.1 Å². The average Bonchev–Trinajstić information content (AvgIpc) is 2.46. The maximum atomic E-state index is 12.0. The molecule has 2 amide bonds. The van der Waals surface area contributed by atoms with Gasteiger partial charge in [0.15, 0.2) is 0 Å². The van der Waals surface area contributed by atoms with Crippen molar-refractivity contribution in [1.82, 2.24) is 20.2 Å². The number of nitrogens with zero attached hydrogens (tertiary/aromatic N) is 3. The number of amides is 2. The minimum Gasteiger partial charge on any atom is -0.480 e. The van der Waals surface area contributed by atoms with Crippen molar-refractivity contribution >= 4 is 23.8 Å². The van der Waals surface area contributed by atoms with Crippen LogP contribution >= 0.6 is 11.8 Å². The molecule has 7 nitrogen and oxygen atoms in total. The first-order valence-corrected chi connectivity index (χ1v) is 6.94. The first-order valence-electron chi connectivity index (χ1n) is 5.78. The van der Waals surface area contributed by atoms with Crippen LogP contribution in [0.2, 0.25) is 0 Å². The Morgan fingerprint density at radius 2 is 2.42 bits per heavy atom. The van der Waals surface area contributed by atoms with Crippen LogP contribution < -0.4 is 5.32 Å². The van der Waals surface area contributed by atoms with Crippen LogP contribution in [-0.2, 0) is 11.3 Å². The SMILES string of the molecule is O=C(O)C1CSCCN1C(=O)NCc1ccncn1. The molecule has 1 aromatic rings. The normalized spacial score (nSPS) is 18.9. The molecule has 0 aromatic carbocycles. The van der Waals surface area contributed by atoms with E-state index in [-0.39, 0.29) is 12.6 Å². The number of urea groups is 1. The molecule has 0 aliphatic carbocycles. The molecule has 1 atom stereocenters. The van der Waals surface area contributed by atoms with E-state index >= 15 is 0 Å². The number of aromatic nitrogens is 2. The van der Waals surface area contributed by atoms with Crippen LogP contribution in [0.5, 0.6) is 0 Å². The summed E-state index contributed by atoms with van der Waals surface area (Å²) in [7, 11) is 0. The van der Waals surface area contributed by atoms with Gasteiger partial charge in [0.05, 0.1) is 12.2 Å². The third-order valence-electron chi connectivity index (χ3n) is 2.74. The van der Waals surface area contributed by atoms with E-state index in [0.29, 0.717) is 18.0 Å². The molecule has 1 aliphatic rings. The van der Waals surface area contributed by atoms with Crippen LogP contribution in [0, 0.1) is 0 Å². The predicted octanol–water partition coefficient (Wildman–Crippen LogP) is 0.188. The van der Waals surface area contributed by atoms with E-state index in [0.717, 1.165) is 5.75 Å². The standard InChI is InChI=1S/C11H14N4O3S/c16-10(17)9-6-19-4-3-15(9)11(18)13-5-8-1-2-12-7-14-8/h1-2,7,9H,3-6H2,(H,13,18)(H,16,17). The van der Waals surface area contributed by atoms with Gasteiger partial charge >= 0.3 is 12.0 Å². The number of hydrogen-bond donors (Lipinski definition) is 2. The van der Waals surface area contributed by atoms with E-state index < -0.39 is 12.0 Å². The number of carbonyl (C=O) groups is 2. The number of carboxylic acid groups (broad SMARTS) is 1. The van der Waals surface area contributed by atoms with Crippen molar-refractivity contribution in [3.63, 3.8) is 0 Å². The Kier molecular flexibility index (Phi) is 4.56. The zero-order chi connectivity index (χ0) is 13.7.